The minimum atomic E-state index is -1.40. The van der Waals surface area contributed by atoms with Gasteiger partial charge in [0.05, 0.1) is 19.1 Å². The van der Waals surface area contributed by atoms with Crippen LogP contribution in [-0.2, 0) is 23.9 Å². The van der Waals surface area contributed by atoms with Gasteiger partial charge < -0.3 is 20.5 Å². The molecule has 0 spiro atoms. The number of anilines is 1. The van der Waals surface area contributed by atoms with Gasteiger partial charge in [0.25, 0.3) is 0 Å². The number of nitrogens with one attached hydrogen (secondary N) is 1. The number of nitrogens with two attached hydrogens (primary N) is 1. The molecule has 0 unspecified atom stereocenters. The Morgan fingerprint density at radius 1 is 1.18 bits per heavy atom. The van der Waals surface area contributed by atoms with Gasteiger partial charge in [0.15, 0.2) is 0 Å². The van der Waals surface area contributed by atoms with E-state index >= 15 is 0 Å². The van der Waals surface area contributed by atoms with Crippen LogP contribution in [0.5, 0.6) is 0 Å². The highest BCUT2D eigenvalue weighted by Gasteiger charge is 2.83. The number of hydrogen-bond donors (Lipinski definition) is 2. The summed E-state index contributed by atoms with van der Waals surface area (Å²) in [5.41, 5.74) is 5.89. The molecule has 0 aromatic heterocycles. The standard InChI is InChI=1S/C21H28N2O5/c1-5-27-18(25)16-15-13(17(24)23-14-10-8-7-9-12(14)3)11-21(22,20(15,16)4)19(26)28-6-2/h7-10,13,15-16H,5-6,11,22H2,1-4H3,(H,23,24)/t13-,15-,16-,20-,21-/m0/s1. The molecule has 1 aromatic rings. The van der Waals surface area contributed by atoms with E-state index in [2.05, 4.69) is 5.32 Å². The lowest BCUT2D eigenvalue weighted by atomic mass is 9.80. The molecule has 2 aliphatic rings. The van der Waals surface area contributed by atoms with E-state index in [9.17, 15) is 14.4 Å². The highest BCUT2D eigenvalue weighted by Crippen LogP contribution is 2.74. The van der Waals surface area contributed by atoms with Crippen molar-refractivity contribution < 1.29 is 23.9 Å². The Labute approximate surface area is 164 Å². The lowest BCUT2D eigenvalue weighted by molar-refractivity contribution is -0.154. The van der Waals surface area contributed by atoms with Gasteiger partial charge in [-0.15, -0.1) is 0 Å². The number of esters is 2. The van der Waals surface area contributed by atoms with Crippen LogP contribution in [0.4, 0.5) is 5.69 Å². The minimum Gasteiger partial charge on any atom is -0.466 e. The van der Waals surface area contributed by atoms with E-state index in [1.54, 1.807) is 20.8 Å². The second-order valence-electron chi connectivity index (χ2n) is 7.84. The Kier molecular flexibility index (Phi) is 5.23. The average molecular weight is 388 g/mol. The van der Waals surface area contributed by atoms with Gasteiger partial charge in [0, 0.05) is 17.0 Å². The lowest BCUT2D eigenvalue weighted by Crippen LogP contribution is -2.56. The molecule has 1 aromatic carbocycles. The molecule has 3 N–H and O–H groups in total. The summed E-state index contributed by atoms with van der Waals surface area (Å²) >= 11 is 0. The predicted molar refractivity (Wildman–Crippen MR) is 103 cm³/mol. The molecule has 0 heterocycles. The largest absolute Gasteiger partial charge is 0.466 e. The van der Waals surface area contributed by atoms with Crippen LogP contribution in [-0.4, -0.2) is 36.6 Å². The van der Waals surface area contributed by atoms with Crippen molar-refractivity contribution in [3.63, 3.8) is 0 Å². The van der Waals surface area contributed by atoms with Crippen LogP contribution in [0.3, 0.4) is 0 Å². The molecule has 28 heavy (non-hydrogen) atoms. The number of carbonyl (C=O) groups is 3. The number of fused-ring (bicyclic) bond motifs is 1. The third kappa shape index (κ3) is 2.89. The minimum absolute atomic E-state index is 0.140. The summed E-state index contributed by atoms with van der Waals surface area (Å²) in [5.74, 6) is -2.75. The topological polar surface area (TPSA) is 108 Å². The molecule has 0 radical (unpaired) electrons. The second-order valence-corrected chi connectivity index (χ2v) is 7.84. The van der Waals surface area contributed by atoms with Crippen molar-refractivity contribution in [1.29, 1.82) is 0 Å². The normalized spacial score (nSPS) is 33.0. The maximum absolute atomic E-state index is 13.1. The monoisotopic (exact) mass is 388 g/mol. The lowest BCUT2D eigenvalue weighted by Gasteiger charge is -2.32. The van der Waals surface area contributed by atoms with E-state index in [0.717, 1.165) is 5.56 Å². The first-order valence-corrected chi connectivity index (χ1v) is 9.71. The molecule has 7 heteroatoms. The van der Waals surface area contributed by atoms with E-state index in [4.69, 9.17) is 15.2 Å². The zero-order valence-electron chi connectivity index (χ0n) is 16.8. The fraction of sp³-hybridized carbons (Fsp3) is 0.571. The van der Waals surface area contributed by atoms with Crippen molar-refractivity contribution in [2.45, 2.75) is 39.7 Å². The number of ether oxygens (including phenoxy) is 2. The first-order chi connectivity index (χ1) is 13.2. The molecule has 7 nitrogen and oxygen atoms in total. The van der Waals surface area contributed by atoms with Gasteiger partial charge in [-0.3, -0.25) is 14.4 Å². The van der Waals surface area contributed by atoms with E-state index in [1.165, 1.54) is 0 Å². The molecule has 5 atom stereocenters. The number of para-hydroxylation sites is 1. The number of aryl methyl sites for hydroxylation is 1. The number of rotatable bonds is 6. The summed E-state index contributed by atoms with van der Waals surface area (Å²) < 4.78 is 10.4. The highest BCUT2D eigenvalue weighted by molar-refractivity contribution is 5.98. The summed E-state index contributed by atoms with van der Waals surface area (Å²) in [6.45, 7) is 7.53. The van der Waals surface area contributed by atoms with Crippen molar-refractivity contribution in [3.05, 3.63) is 29.8 Å². The number of amides is 1. The maximum atomic E-state index is 13.1. The number of hydrogen-bond acceptors (Lipinski definition) is 6. The van der Waals surface area contributed by atoms with Gasteiger partial charge in [-0.2, -0.15) is 0 Å². The average Bonchev–Trinajstić information content (AvgIpc) is 3.21. The molecular weight excluding hydrogens is 360 g/mol. The summed E-state index contributed by atoms with van der Waals surface area (Å²) in [6, 6.07) is 7.45. The molecule has 2 fully saturated rings. The van der Waals surface area contributed by atoms with Crippen LogP contribution in [0.25, 0.3) is 0 Å². The SMILES string of the molecule is CCOC(=O)[C@@H]1[C@@H]2[C@@H](C(=O)Nc3ccccc3C)C[C@](N)(C(=O)OCC)[C@@]21C. The van der Waals surface area contributed by atoms with Crippen molar-refractivity contribution >= 4 is 23.5 Å². The molecule has 2 saturated carbocycles. The predicted octanol–water partition coefficient (Wildman–Crippen LogP) is 2.03. The molecule has 0 saturated heterocycles. The second kappa shape index (κ2) is 7.20. The van der Waals surface area contributed by atoms with Crippen LogP contribution >= 0.6 is 0 Å². The third-order valence-electron chi connectivity index (χ3n) is 6.45. The van der Waals surface area contributed by atoms with Crippen LogP contribution in [0.2, 0.25) is 0 Å². The van der Waals surface area contributed by atoms with Crippen LogP contribution in [0, 0.1) is 30.1 Å². The van der Waals surface area contributed by atoms with Crippen LogP contribution in [0.1, 0.15) is 32.8 Å². The van der Waals surface area contributed by atoms with Gasteiger partial charge >= 0.3 is 11.9 Å². The molecule has 0 bridgehead atoms. The van der Waals surface area contributed by atoms with Gasteiger partial charge in [0.2, 0.25) is 5.91 Å². The Hall–Kier alpha value is -2.41. The highest BCUT2D eigenvalue weighted by atomic mass is 16.5. The molecule has 0 aliphatic heterocycles. The van der Waals surface area contributed by atoms with Gasteiger partial charge in [-0.05, 0) is 44.7 Å². The number of benzene rings is 1. The molecule has 152 valence electrons. The maximum Gasteiger partial charge on any atom is 0.326 e. The smallest absolute Gasteiger partial charge is 0.326 e. The van der Waals surface area contributed by atoms with E-state index in [0.29, 0.717) is 5.69 Å². The van der Waals surface area contributed by atoms with Crippen LogP contribution < -0.4 is 11.1 Å². The fourth-order valence-electron chi connectivity index (χ4n) is 4.85. The summed E-state index contributed by atoms with van der Waals surface area (Å²) in [4.78, 5) is 38.3. The molecular formula is C21H28N2O5. The number of carbonyl (C=O) groups excluding carboxylic acids is 3. The summed E-state index contributed by atoms with van der Waals surface area (Å²) in [5, 5.41) is 2.93. The molecule has 3 rings (SSSR count). The summed E-state index contributed by atoms with van der Waals surface area (Å²) in [7, 11) is 0. The van der Waals surface area contributed by atoms with Crippen molar-refractivity contribution in [2.24, 2.45) is 28.9 Å². The van der Waals surface area contributed by atoms with E-state index < -0.39 is 34.7 Å². The van der Waals surface area contributed by atoms with Crippen LogP contribution in [0.15, 0.2) is 24.3 Å². The Balaban J connectivity index is 1.90. The zero-order chi connectivity index (χ0) is 20.7. The van der Waals surface area contributed by atoms with Crippen molar-refractivity contribution in [3.8, 4) is 0 Å². The molecule has 1 amide bonds. The molecule has 2 aliphatic carbocycles. The first kappa shape index (κ1) is 20.3. The van der Waals surface area contributed by atoms with Crippen molar-refractivity contribution in [2.75, 3.05) is 18.5 Å². The fourth-order valence-corrected chi connectivity index (χ4v) is 4.85. The van der Waals surface area contributed by atoms with Crippen molar-refractivity contribution in [1.82, 2.24) is 0 Å². The van der Waals surface area contributed by atoms with E-state index in [-0.39, 0.29) is 31.5 Å². The first-order valence-electron chi connectivity index (χ1n) is 9.71. The van der Waals surface area contributed by atoms with Gasteiger partial charge in [-0.1, -0.05) is 25.1 Å². The Bertz CT molecular complexity index is 810. The van der Waals surface area contributed by atoms with Gasteiger partial charge in [0.1, 0.15) is 5.54 Å². The Morgan fingerprint density at radius 3 is 2.43 bits per heavy atom. The summed E-state index contributed by atoms with van der Waals surface area (Å²) in [6.07, 6.45) is 0.140. The Morgan fingerprint density at radius 2 is 1.82 bits per heavy atom. The quantitative estimate of drug-likeness (QED) is 0.722. The van der Waals surface area contributed by atoms with Gasteiger partial charge in [-0.25, -0.2) is 0 Å². The van der Waals surface area contributed by atoms with E-state index in [1.807, 2.05) is 31.2 Å². The zero-order valence-corrected chi connectivity index (χ0v) is 16.8. The third-order valence-corrected chi connectivity index (χ3v) is 6.45.